The number of nitro groups is 2. The van der Waals surface area contributed by atoms with Crippen LogP contribution in [0.2, 0.25) is 0 Å². The monoisotopic (exact) mass is 1400 g/mol. The summed E-state index contributed by atoms with van der Waals surface area (Å²) in [5, 5.41) is 38.4. The number of aromatic hydroxyl groups is 1. The first kappa shape index (κ1) is 69.6. The second-order valence-electron chi connectivity index (χ2n) is 18.9. The van der Waals surface area contributed by atoms with Gasteiger partial charge in [-0.15, -0.1) is 0 Å². The third kappa shape index (κ3) is 19.1. The van der Waals surface area contributed by atoms with Crippen LogP contribution in [0.15, 0.2) is 183 Å². The number of aromatic nitrogens is 3. The topological polar surface area (TPSA) is 287 Å². The summed E-state index contributed by atoms with van der Waals surface area (Å²) in [5.74, 6) is 0.587. The van der Waals surface area contributed by atoms with E-state index in [1.54, 1.807) is 36.4 Å². The van der Waals surface area contributed by atoms with Crippen molar-refractivity contribution in [1.82, 2.24) is 15.0 Å². The molecular weight excluding hydrogens is 1340 g/mol. The fourth-order valence-corrected chi connectivity index (χ4v) is 7.95. The first-order valence-corrected chi connectivity index (χ1v) is 26.0. The molecule has 0 spiro atoms. The SMILES string of the molecule is C.CN(C)c1ccc(-c2nc3ccc(I)cc3o2)cc1.CN(C)c1ccc(-c2nc3ccc(N)cc3o2)cc1.CN(C)c1ccc(-c2nc3ccc([N+](=O)[O-])cc3o2)cc1.CN(C)c1ccc(C(=O)O)cc1.Nc1ccc([N+](=O)[O-])cc1O.[I-].[K+]. The van der Waals surface area contributed by atoms with Crippen LogP contribution in [0.1, 0.15) is 17.8 Å². The molecule has 0 fully saturated rings. The molecule has 85 heavy (non-hydrogen) atoms. The van der Waals surface area contributed by atoms with Crippen LogP contribution < -0.4 is 106 Å². The Morgan fingerprint density at radius 1 is 0.494 bits per heavy atom. The molecule has 0 bridgehead atoms. The summed E-state index contributed by atoms with van der Waals surface area (Å²) in [5.41, 5.74) is 23.4. The molecule has 0 radical (unpaired) electrons. The largest absolute Gasteiger partial charge is 1.00 e. The Hall–Kier alpha value is -7.86. The van der Waals surface area contributed by atoms with Crippen LogP contribution in [0.4, 0.5) is 45.5 Å². The van der Waals surface area contributed by atoms with Gasteiger partial charge in [-0.05, 0) is 162 Å². The summed E-state index contributed by atoms with van der Waals surface area (Å²) >= 11 is 2.27. The van der Waals surface area contributed by atoms with E-state index in [-0.39, 0.29) is 106 Å². The van der Waals surface area contributed by atoms with Gasteiger partial charge in [-0.25, -0.2) is 19.7 Å². The number of hydrogen-bond donors (Lipinski definition) is 4. The molecule has 0 atom stereocenters. The number of carboxylic acid groups (broad SMARTS) is 1. The summed E-state index contributed by atoms with van der Waals surface area (Å²) in [6, 6.07) is 50.2. The fraction of sp³-hybridized carbons (Fsp3) is 0.148. The zero-order chi connectivity index (χ0) is 59.4. The molecular formula is C61H62I2KN11O10. The molecule has 436 valence electrons. The number of halogens is 2. The average Bonchev–Trinajstić information content (AvgIpc) is 3.03. The van der Waals surface area contributed by atoms with Crippen molar-refractivity contribution in [2.75, 3.05) is 87.4 Å². The van der Waals surface area contributed by atoms with E-state index in [0.29, 0.717) is 45.6 Å². The second-order valence-corrected chi connectivity index (χ2v) is 20.1. The van der Waals surface area contributed by atoms with E-state index in [1.165, 1.54) is 24.3 Å². The van der Waals surface area contributed by atoms with Crippen LogP contribution in [0.25, 0.3) is 67.7 Å². The predicted molar refractivity (Wildman–Crippen MR) is 339 cm³/mol. The number of carbonyl (C=O) groups is 1. The molecule has 3 heterocycles. The molecule has 11 aromatic rings. The van der Waals surface area contributed by atoms with E-state index < -0.39 is 15.8 Å². The molecule has 0 saturated heterocycles. The molecule has 24 heteroatoms. The number of aromatic carboxylic acids is 1. The van der Waals surface area contributed by atoms with Crippen molar-refractivity contribution in [2.24, 2.45) is 0 Å². The number of nitrogen functional groups attached to an aromatic ring is 2. The Bertz CT molecular complexity index is 3860. The number of nitro benzene ring substituents is 2. The summed E-state index contributed by atoms with van der Waals surface area (Å²) in [6.07, 6.45) is 0. The van der Waals surface area contributed by atoms with Crippen LogP contribution in [0, 0.1) is 23.8 Å². The van der Waals surface area contributed by atoms with Crippen LogP contribution in [-0.4, -0.2) is 97.4 Å². The number of phenols is 1. The number of rotatable bonds is 10. The number of benzene rings is 8. The molecule has 8 aromatic carbocycles. The van der Waals surface area contributed by atoms with Crippen molar-refractivity contribution in [2.45, 2.75) is 7.43 Å². The van der Waals surface area contributed by atoms with Gasteiger partial charge in [-0.3, -0.25) is 20.2 Å². The Balaban J connectivity index is 0.000000230. The quantitative estimate of drug-likeness (QED) is 0.0254. The van der Waals surface area contributed by atoms with Crippen molar-refractivity contribution in [1.29, 1.82) is 0 Å². The van der Waals surface area contributed by atoms with Gasteiger partial charge in [-0.1, -0.05) is 7.43 Å². The zero-order valence-electron chi connectivity index (χ0n) is 47.3. The Kier molecular flexibility index (Phi) is 26.1. The minimum atomic E-state index is -0.889. The number of hydrogen-bond acceptors (Lipinski definition) is 18. The molecule has 0 aliphatic carbocycles. The van der Waals surface area contributed by atoms with Crippen molar-refractivity contribution in [3.05, 3.63) is 199 Å². The summed E-state index contributed by atoms with van der Waals surface area (Å²) in [7, 11) is 15.8. The van der Waals surface area contributed by atoms with E-state index in [0.717, 1.165) is 65.7 Å². The third-order valence-corrected chi connectivity index (χ3v) is 12.8. The first-order chi connectivity index (χ1) is 39.0. The molecule has 0 saturated carbocycles. The van der Waals surface area contributed by atoms with Gasteiger partial charge >= 0.3 is 57.4 Å². The van der Waals surface area contributed by atoms with Crippen molar-refractivity contribution >= 4 is 107 Å². The van der Waals surface area contributed by atoms with Gasteiger partial charge < -0.3 is 78.5 Å². The second kappa shape index (κ2) is 31.9. The number of nitrogens with zero attached hydrogens (tertiary/aromatic N) is 9. The van der Waals surface area contributed by atoms with Gasteiger partial charge in [0.25, 0.3) is 11.4 Å². The summed E-state index contributed by atoms with van der Waals surface area (Å²) < 4.78 is 18.3. The van der Waals surface area contributed by atoms with E-state index in [1.807, 2.05) is 157 Å². The summed E-state index contributed by atoms with van der Waals surface area (Å²) in [6.45, 7) is 0. The van der Waals surface area contributed by atoms with Gasteiger partial charge in [0.1, 0.15) is 22.3 Å². The molecule has 0 aliphatic heterocycles. The standard InChI is InChI=1S/C15H13IN2O.C15H13N3O3.C15H15N3O.C9H11NO2.C6H6N2O3.CH4.HI.K/c1-18(2)12-6-3-10(4-7-12)15-17-13-8-5-11(16)9-14(13)19-15;1-17(2)11-5-3-10(4-6-11)15-16-13-8-7-12(18(19)20)9-14(13)21-15;1-18(2)12-6-3-10(4-7-12)15-17-13-8-5-11(16)9-14(13)19-15;1-10(2)8-5-3-7(4-6-8)9(11)12;7-5-2-1-4(8(10)11)3-6(5)9;;;/h3-9H,1-2H3;3-9H,1-2H3;3-9H,16H2,1-2H3;3-6H,1-2H3,(H,11,12);1-3,9H,7H2;1H4;1H;/q;;;;;;;+1/p-1. The number of carboxylic acids is 1. The Morgan fingerprint density at radius 2 is 0.824 bits per heavy atom. The maximum Gasteiger partial charge on any atom is 1.00 e. The molecule has 11 rings (SSSR count). The minimum absolute atomic E-state index is 0. The van der Waals surface area contributed by atoms with Crippen LogP contribution in [0.3, 0.4) is 0 Å². The smallest absolute Gasteiger partial charge is 1.00 e. The molecule has 0 unspecified atom stereocenters. The number of phenolic OH excluding ortho intramolecular Hbond substituents is 1. The van der Waals surface area contributed by atoms with E-state index in [9.17, 15) is 25.0 Å². The maximum absolute atomic E-state index is 10.8. The fourth-order valence-electron chi connectivity index (χ4n) is 7.49. The molecule has 21 nitrogen and oxygen atoms in total. The van der Waals surface area contributed by atoms with E-state index in [4.69, 9.17) is 34.9 Å². The maximum atomic E-state index is 10.8. The average molecular weight is 1400 g/mol. The minimum Gasteiger partial charge on any atom is -1.00 e. The van der Waals surface area contributed by atoms with Crippen molar-refractivity contribution in [3.8, 4) is 40.1 Å². The van der Waals surface area contributed by atoms with Crippen LogP contribution >= 0.6 is 22.6 Å². The Labute approximate surface area is 564 Å². The van der Waals surface area contributed by atoms with Gasteiger partial charge in [0.05, 0.1) is 33.2 Å². The van der Waals surface area contributed by atoms with Crippen LogP contribution in [0.5, 0.6) is 5.75 Å². The third-order valence-electron chi connectivity index (χ3n) is 12.1. The number of fused-ring (bicyclic) bond motifs is 3. The molecule has 0 aliphatic rings. The number of oxazole rings is 3. The van der Waals surface area contributed by atoms with Crippen molar-refractivity contribution < 1.29 is 113 Å². The number of non-ortho nitro benzene ring substituents is 2. The molecule has 6 N–H and O–H groups in total. The van der Waals surface area contributed by atoms with Gasteiger partial charge in [0.15, 0.2) is 16.7 Å². The zero-order valence-corrected chi connectivity index (χ0v) is 54.7. The number of nitrogens with two attached hydrogens (primary N) is 2. The summed E-state index contributed by atoms with van der Waals surface area (Å²) in [4.78, 5) is 51.7. The van der Waals surface area contributed by atoms with Gasteiger partial charge in [-0.2, -0.15) is 0 Å². The van der Waals surface area contributed by atoms with E-state index >= 15 is 0 Å². The van der Waals surface area contributed by atoms with Crippen molar-refractivity contribution in [3.63, 3.8) is 0 Å². The molecule has 3 aromatic heterocycles. The first-order valence-electron chi connectivity index (χ1n) is 24.9. The van der Waals surface area contributed by atoms with Crippen LogP contribution in [-0.2, 0) is 0 Å². The predicted octanol–water partition coefficient (Wildman–Crippen LogP) is 7.75. The normalized spacial score (nSPS) is 10.1. The van der Waals surface area contributed by atoms with Gasteiger partial charge in [0.2, 0.25) is 17.7 Å². The number of anilines is 6. The van der Waals surface area contributed by atoms with E-state index in [2.05, 4.69) is 59.5 Å². The Morgan fingerprint density at radius 3 is 1.19 bits per heavy atom. The van der Waals surface area contributed by atoms with Gasteiger partial charge in [0, 0.05) is 123 Å². The molecule has 0 amide bonds.